The van der Waals surface area contributed by atoms with E-state index in [0.717, 1.165) is 10.0 Å². The number of halogens is 1. The molecule has 0 aliphatic heterocycles. The number of aryl methyl sites for hydroxylation is 1. The SMILES string of the molecule is O=S(=O)(CCc1ccncc1)Nc1ccccc1Br. The highest BCUT2D eigenvalue weighted by Gasteiger charge is 2.12. The zero-order valence-corrected chi connectivity index (χ0v) is 12.5. The van der Waals surface area contributed by atoms with Crippen molar-refractivity contribution in [2.75, 3.05) is 10.5 Å². The lowest BCUT2D eigenvalue weighted by molar-refractivity contribution is 0.600. The molecule has 0 radical (unpaired) electrons. The Hall–Kier alpha value is -1.40. The van der Waals surface area contributed by atoms with Gasteiger partial charge in [0.15, 0.2) is 0 Å². The van der Waals surface area contributed by atoms with Gasteiger partial charge in [0, 0.05) is 16.9 Å². The Balaban J connectivity index is 2.02. The molecule has 0 saturated carbocycles. The molecule has 6 heteroatoms. The van der Waals surface area contributed by atoms with Crippen LogP contribution in [-0.2, 0) is 16.4 Å². The van der Waals surface area contributed by atoms with Gasteiger partial charge < -0.3 is 0 Å². The molecule has 4 nitrogen and oxygen atoms in total. The number of rotatable bonds is 5. The molecule has 0 aliphatic carbocycles. The zero-order valence-electron chi connectivity index (χ0n) is 10.1. The van der Waals surface area contributed by atoms with Gasteiger partial charge in [0.1, 0.15) is 0 Å². The first-order valence-corrected chi connectivity index (χ1v) is 8.15. The summed E-state index contributed by atoms with van der Waals surface area (Å²) in [5.41, 5.74) is 1.50. The number of sulfonamides is 1. The minimum atomic E-state index is -3.36. The van der Waals surface area contributed by atoms with Crippen LogP contribution in [0.15, 0.2) is 53.3 Å². The molecule has 2 aromatic rings. The van der Waals surface area contributed by atoms with Crippen LogP contribution in [-0.4, -0.2) is 19.2 Å². The number of nitrogens with one attached hydrogen (secondary N) is 1. The number of pyridine rings is 1. The van der Waals surface area contributed by atoms with Crippen molar-refractivity contribution >= 4 is 31.6 Å². The molecular weight excluding hydrogens is 328 g/mol. The summed E-state index contributed by atoms with van der Waals surface area (Å²) in [4.78, 5) is 3.90. The standard InChI is InChI=1S/C13H13BrN2O2S/c14-12-3-1-2-4-13(12)16-19(17,18)10-7-11-5-8-15-9-6-11/h1-6,8-9,16H,7,10H2. The summed E-state index contributed by atoms with van der Waals surface area (Å²) in [6.07, 6.45) is 3.77. The molecule has 0 spiro atoms. The molecule has 0 atom stereocenters. The quantitative estimate of drug-likeness (QED) is 0.910. The van der Waals surface area contributed by atoms with Crippen LogP contribution in [0.25, 0.3) is 0 Å². The van der Waals surface area contributed by atoms with E-state index in [1.165, 1.54) is 0 Å². The van der Waals surface area contributed by atoms with E-state index in [2.05, 4.69) is 25.6 Å². The summed E-state index contributed by atoms with van der Waals surface area (Å²) in [7, 11) is -3.36. The van der Waals surface area contributed by atoms with Gasteiger partial charge in [-0.25, -0.2) is 8.42 Å². The number of para-hydroxylation sites is 1. The van der Waals surface area contributed by atoms with E-state index in [9.17, 15) is 8.42 Å². The third kappa shape index (κ3) is 4.33. The summed E-state index contributed by atoms with van der Waals surface area (Å²) in [5, 5.41) is 0. The van der Waals surface area contributed by atoms with Crippen molar-refractivity contribution in [3.63, 3.8) is 0 Å². The highest BCUT2D eigenvalue weighted by atomic mass is 79.9. The van der Waals surface area contributed by atoms with Crippen molar-refractivity contribution < 1.29 is 8.42 Å². The van der Waals surface area contributed by atoms with Crippen molar-refractivity contribution in [2.24, 2.45) is 0 Å². The van der Waals surface area contributed by atoms with Crippen molar-refractivity contribution in [3.8, 4) is 0 Å². The summed E-state index contributed by atoms with van der Waals surface area (Å²) >= 11 is 3.31. The Morgan fingerprint density at radius 3 is 2.47 bits per heavy atom. The Bertz CT molecular complexity index is 645. The molecule has 0 amide bonds. The lowest BCUT2D eigenvalue weighted by atomic mass is 10.2. The summed E-state index contributed by atoms with van der Waals surface area (Å²) in [6, 6.07) is 10.8. The fraction of sp³-hybridized carbons (Fsp3) is 0.154. The third-order valence-corrected chi connectivity index (χ3v) is 4.51. The minimum Gasteiger partial charge on any atom is -0.282 e. The van der Waals surface area contributed by atoms with Crippen LogP contribution >= 0.6 is 15.9 Å². The van der Waals surface area contributed by atoms with E-state index in [1.807, 2.05) is 18.2 Å². The van der Waals surface area contributed by atoms with Gasteiger partial charge in [-0.1, -0.05) is 12.1 Å². The number of nitrogens with zero attached hydrogens (tertiary/aromatic N) is 1. The number of aromatic nitrogens is 1. The van der Waals surface area contributed by atoms with Crippen LogP contribution in [0.3, 0.4) is 0 Å². The van der Waals surface area contributed by atoms with Crippen molar-refractivity contribution in [1.82, 2.24) is 4.98 Å². The molecule has 0 bridgehead atoms. The first-order chi connectivity index (χ1) is 9.07. The normalized spacial score (nSPS) is 11.2. The van der Waals surface area contributed by atoms with Gasteiger partial charge >= 0.3 is 0 Å². The molecule has 0 aliphatic rings. The van der Waals surface area contributed by atoms with Gasteiger partial charge in [-0.05, 0) is 52.2 Å². The molecular formula is C13H13BrN2O2S. The molecule has 1 aromatic heterocycles. The Morgan fingerprint density at radius 2 is 1.79 bits per heavy atom. The number of hydrogen-bond donors (Lipinski definition) is 1. The van der Waals surface area contributed by atoms with Crippen LogP contribution in [0.5, 0.6) is 0 Å². The molecule has 1 aromatic carbocycles. The highest BCUT2D eigenvalue weighted by Crippen LogP contribution is 2.22. The lowest BCUT2D eigenvalue weighted by Crippen LogP contribution is -2.18. The maximum absolute atomic E-state index is 12.0. The predicted octanol–water partition coefficient (Wildman–Crippen LogP) is 2.83. The van der Waals surface area contributed by atoms with E-state index in [-0.39, 0.29) is 5.75 Å². The van der Waals surface area contributed by atoms with Crippen LogP contribution in [0.4, 0.5) is 5.69 Å². The molecule has 0 fully saturated rings. The van der Waals surface area contributed by atoms with Gasteiger partial charge in [-0.2, -0.15) is 0 Å². The summed E-state index contributed by atoms with van der Waals surface area (Å²) < 4.78 is 27.2. The topological polar surface area (TPSA) is 59.1 Å². The zero-order chi connectivity index (χ0) is 13.7. The summed E-state index contributed by atoms with van der Waals surface area (Å²) in [5.74, 6) is 0.0400. The highest BCUT2D eigenvalue weighted by molar-refractivity contribution is 9.10. The smallest absolute Gasteiger partial charge is 0.233 e. The van der Waals surface area contributed by atoms with Crippen LogP contribution in [0.2, 0.25) is 0 Å². The fourth-order valence-corrected chi connectivity index (χ4v) is 3.20. The average molecular weight is 341 g/mol. The fourth-order valence-electron chi connectivity index (χ4n) is 1.56. The average Bonchev–Trinajstić information content (AvgIpc) is 2.40. The maximum Gasteiger partial charge on any atom is 0.233 e. The third-order valence-electron chi connectivity index (χ3n) is 2.55. The Morgan fingerprint density at radius 1 is 1.11 bits per heavy atom. The first-order valence-electron chi connectivity index (χ1n) is 5.71. The number of benzene rings is 1. The van der Waals surface area contributed by atoms with E-state index in [1.54, 1.807) is 30.6 Å². The first kappa shape index (κ1) is 14.0. The van der Waals surface area contributed by atoms with E-state index >= 15 is 0 Å². The minimum absolute atomic E-state index is 0.0400. The molecule has 2 rings (SSSR count). The largest absolute Gasteiger partial charge is 0.282 e. The van der Waals surface area contributed by atoms with Crippen LogP contribution in [0, 0.1) is 0 Å². The van der Waals surface area contributed by atoms with E-state index in [4.69, 9.17) is 0 Å². The van der Waals surface area contributed by atoms with Crippen LogP contribution < -0.4 is 4.72 Å². The van der Waals surface area contributed by atoms with E-state index in [0.29, 0.717) is 12.1 Å². The van der Waals surface area contributed by atoms with Gasteiger partial charge in [-0.3, -0.25) is 9.71 Å². The van der Waals surface area contributed by atoms with Gasteiger partial charge in [0.05, 0.1) is 11.4 Å². The second-order valence-corrected chi connectivity index (χ2v) is 6.70. The monoisotopic (exact) mass is 340 g/mol. The molecule has 1 N–H and O–H groups in total. The van der Waals surface area contributed by atoms with E-state index < -0.39 is 10.0 Å². The molecule has 19 heavy (non-hydrogen) atoms. The van der Waals surface area contributed by atoms with Crippen molar-refractivity contribution in [3.05, 3.63) is 58.8 Å². The number of hydrogen-bond acceptors (Lipinski definition) is 3. The molecule has 0 saturated heterocycles. The van der Waals surface area contributed by atoms with Gasteiger partial charge in [0.25, 0.3) is 0 Å². The van der Waals surface area contributed by atoms with Crippen LogP contribution in [0.1, 0.15) is 5.56 Å². The molecule has 100 valence electrons. The summed E-state index contributed by atoms with van der Waals surface area (Å²) in [6.45, 7) is 0. The Kier molecular flexibility index (Phi) is 4.55. The maximum atomic E-state index is 12.0. The Labute approximate surface area is 121 Å². The predicted molar refractivity (Wildman–Crippen MR) is 79.5 cm³/mol. The van der Waals surface area contributed by atoms with Gasteiger partial charge in [0.2, 0.25) is 10.0 Å². The van der Waals surface area contributed by atoms with Crippen molar-refractivity contribution in [1.29, 1.82) is 0 Å². The van der Waals surface area contributed by atoms with Gasteiger partial charge in [-0.15, -0.1) is 0 Å². The second-order valence-electron chi connectivity index (χ2n) is 4.01. The second kappa shape index (κ2) is 6.16. The molecule has 0 unspecified atom stereocenters. The molecule has 1 heterocycles. The van der Waals surface area contributed by atoms with Crippen molar-refractivity contribution in [2.45, 2.75) is 6.42 Å². The number of anilines is 1. The lowest BCUT2D eigenvalue weighted by Gasteiger charge is -2.09.